The second-order valence-electron chi connectivity index (χ2n) is 4.65. The van der Waals surface area contributed by atoms with Crippen LogP contribution in [0.2, 0.25) is 0 Å². The van der Waals surface area contributed by atoms with E-state index in [1.54, 1.807) is 24.9 Å². The van der Waals surface area contributed by atoms with Crippen LogP contribution in [0.3, 0.4) is 0 Å². The lowest BCUT2D eigenvalue weighted by molar-refractivity contribution is 0.197. The molecular formula is C12H18N6O2. The molecule has 2 aromatic rings. The predicted molar refractivity (Wildman–Crippen MR) is 70.7 cm³/mol. The maximum absolute atomic E-state index is 12.0. The van der Waals surface area contributed by atoms with Crippen LogP contribution in [0.4, 0.5) is 4.79 Å². The van der Waals surface area contributed by atoms with Crippen LogP contribution in [-0.2, 0) is 13.1 Å². The van der Waals surface area contributed by atoms with Crippen LogP contribution >= 0.6 is 0 Å². The molecular weight excluding hydrogens is 260 g/mol. The molecule has 0 radical (unpaired) electrons. The van der Waals surface area contributed by atoms with Gasteiger partial charge in [-0.15, -0.1) is 10.2 Å². The number of hydrogen-bond donors (Lipinski definition) is 1. The minimum atomic E-state index is -0.194. The number of amides is 2. The van der Waals surface area contributed by atoms with Crippen LogP contribution in [0.25, 0.3) is 0 Å². The first-order chi connectivity index (χ1) is 9.54. The van der Waals surface area contributed by atoms with Crippen LogP contribution in [-0.4, -0.2) is 44.0 Å². The number of carbonyl (C=O) groups excluding carboxylic acids is 1. The summed E-state index contributed by atoms with van der Waals surface area (Å²) < 4.78 is 7.01. The summed E-state index contributed by atoms with van der Waals surface area (Å²) in [4.78, 5) is 13.5. The first-order valence-electron chi connectivity index (χ1n) is 6.32. The number of rotatable bonds is 5. The molecule has 1 atom stereocenters. The van der Waals surface area contributed by atoms with Gasteiger partial charge in [0, 0.05) is 32.4 Å². The molecule has 20 heavy (non-hydrogen) atoms. The first-order valence-corrected chi connectivity index (χ1v) is 6.32. The van der Waals surface area contributed by atoms with E-state index in [2.05, 4.69) is 20.6 Å². The number of aryl methyl sites for hydroxylation is 1. The number of hydrogen-bond acceptors (Lipinski definition) is 5. The van der Waals surface area contributed by atoms with E-state index >= 15 is 0 Å². The maximum atomic E-state index is 12.0. The molecule has 8 nitrogen and oxygen atoms in total. The van der Waals surface area contributed by atoms with Gasteiger partial charge in [-0.25, -0.2) is 4.79 Å². The normalized spacial score (nSPS) is 12.2. The number of nitrogens with one attached hydrogen (secondary N) is 1. The van der Waals surface area contributed by atoms with E-state index in [1.807, 2.05) is 19.2 Å². The van der Waals surface area contributed by atoms with E-state index in [1.165, 1.54) is 4.90 Å². The fraction of sp³-hybridized carbons (Fsp3) is 0.500. The average Bonchev–Trinajstić information content (AvgIpc) is 3.01. The lowest BCUT2D eigenvalue weighted by atomic mass is 10.3. The Labute approximate surface area is 116 Å². The summed E-state index contributed by atoms with van der Waals surface area (Å²) in [6.45, 7) is 4.53. The lowest BCUT2D eigenvalue weighted by Crippen LogP contribution is -2.43. The Balaban J connectivity index is 1.81. The highest BCUT2D eigenvalue weighted by atomic mass is 16.4. The van der Waals surface area contributed by atoms with Crippen molar-refractivity contribution in [3.63, 3.8) is 0 Å². The van der Waals surface area contributed by atoms with Crippen molar-refractivity contribution < 1.29 is 9.21 Å². The standard InChI is InChI=1S/C12H18N6O2/c1-9(7-18-6-4-5-13-18)14-12(19)17(3)8-11-16-15-10(2)20-11/h4-6,9H,7-8H2,1-3H3,(H,14,19). The topological polar surface area (TPSA) is 89.1 Å². The zero-order valence-electron chi connectivity index (χ0n) is 11.8. The van der Waals surface area contributed by atoms with E-state index in [9.17, 15) is 4.79 Å². The van der Waals surface area contributed by atoms with Crippen LogP contribution < -0.4 is 5.32 Å². The van der Waals surface area contributed by atoms with Gasteiger partial charge in [-0.1, -0.05) is 0 Å². The SMILES string of the molecule is Cc1nnc(CN(C)C(=O)NC(C)Cn2cccn2)o1. The summed E-state index contributed by atoms with van der Waals surface area (Å²) in [7, 11) is 1.68. The van der Waals surface area contributed by atoms with E-state index in [0.29, 0.717) is 18.3 Å². The molecule has 2 amide bonds. The van der Waals surface area contributed by atoms with Crippen LogP contribution in [0.1, 0.15) is 18.7 Å². The van der Waals surface area contributed by atoms with Gasteiger partial charge in [0.05, 0.1) is 6.54 Å². The zero-order valence-corrected chi connectivity index (χ0v) is 11.8. The van der Waals surface area contributed by atoms with Gasteiger partial charge < -0.3 is 14.6 Å². The second kappa shape index (κ2) is 6.18. The van der Waals surface area contributed by atoms with Gasteiger partial charge in [-0.2, -0.15) is 5.10 Å². The second-order valence-corrected chi connectivity index (χ2v) is 4.65. The molecule has 0 saturated carbocycles. The van der Waals surface area contributed by atoms with Crippen molar-refractivity contribution in [3.05, 3.63) is 30.2 Å². The van der Waals surface area contributed by atoms with Gasteiger partial charge in [0.25, 0.3) is 0 Å². The lowest BCUT2D eigenvalue weighted by Gasteiger charge is -2.20. The Bertz CT molecular complexity index is 550. The summed E-state index contributed by atoms with van der Waals surface area (Å²) in [5.74, 6) is 0.903. The minimum absolute atomic E-state index is 0.0331. The highest BCUT2D eigenvalue weighted by molar-refractivity contribution is 5.74. The van der Waals surface area contributed by atoms with Crippen molar-refractivity contribution in [2.75, 3.05) is 7.05 Å². The summed E-state index contributed by atoms with van der Waals surface area (Å²) in [6, 6.07) is 1.62. The minimum Gasteiger partial charge on any atom is -0.424 e. The summed E-state index contributed by atoms with van der Waals surface area (Å²) in [5.41, 5.74) is 0. The van der Waals surface area contributed by atoms with E-state index < -0.39 is 0 Å². The third-order valence-corrected chi connectivity index (χ3v) is 2.68. The van der Waals surface area contributed by atoms with Crippen molar-refractivity contribution in [2.45, 2.75) is 33.0 Å². The van der Waals surface area contributed by atoms with Crippen molar-refractivity contribution >= 4 is 6.03 Å². The van der Waals surface area contributed by atoms with Crippen LogP contribution in [0.15, 0.2) is 22.9 Å². The molecule has 0 spiro atoms. The Morgan fingerprint density at radius 2 is 2.35 bits per heavy atom. The van der Waals surface area contributed by atoms with Gasteiger partial charge >= 0.3 is 6.03 Å². The average molecular weight is 278 g/mol. The highest BCUT2D eigenvalue weighted by Gasteiger charge is 2.15. The molecule has 0 fully saturated rings. The van der Waals surface area contributed by atoms with Gasteiger partial charge in [0.15, 0.2) is 0 Å². The van der Waals surface area contributed by atoms with E-state index in [0.717, 1.165) is 0 Å². The number of carbonyl (C=O) groups is 1. The fourth-order valence-electron chi connectivity index (χ4n) is 1.73. The van der Waals surface area contributed by atoms with Gasteiger partial charge in [0.1, 0.15) is 6.54 Å². The quantitative estimate of drug-likeness (QED) is 0.874. The van der Waals surface area contributed by atoms with E-state index in [-0.39, 0.29) is 18.6 Å². The number of aromatic nitrogens is 4. The number of urea groups is 1. The van der Waals surface area contributed by atoms with Crippen molar-refractivity contribution in [3.8, 4) is 0 Å². The third-order valence-electron chi connectivity index (χ3n) is 2.68. The molecule has 2 heterocycles. The molecule has 1 unspecified atom stereocenters. The molecule has 0 aromatic carbocycles. The molecule has 0 aliphatic rings. The highest BCUT2D eigenvalue weighted by Crippen LogP contribution is 2.02. The molecule has 2 rings (SSSR count). The molecule has 0 aliphatic heterocycles. The Kier molecular flexibility index (Phi) is 4.34. The Morgan fingerprint density at radius 3 is 2.95 bits per heavy atom. The predicted octanol–water partition coefficient (Wildman–Crippen LogP) is 0.805. The number of nitrogens with zero attached hydrogens (tertiary/aromatic N) is 5. The first kappa shape index (κ1) is 14.0. The molecule has 8 heteroatoms. The fourth-order valence-corrected chi connectivity index (χ4v) is 1.73. The Hall–Kier alpha value is -2.38. The van der Waals surface area contributed by atoms with E-state index in [4.69, 9.17) is 4.42 Å². The van der Waals surface area contributed by atoms with Crippen molar-refractivity contribution in [1.82, 2.24) is 30.2 Å². The molecule has 0 saturated heterocycles. The molecule has 108 valence electrons. The van der Waals surface area contributed by atoms with Gasteiger partial charge in [-0.05, 0) is 13.0 Å². The van der Waals surface area contributed by atoms with Crippen LogP contribution in [0, 0.1) is 6.92 Å². The van der Waals surface area contributed by atoms with Crippen molar-refractivity contribution in [1.29, 1.82) is 0 Å². The monoisotopic (exact) mass is 278 g/mol. The largest absolute Gasteiger partial charge is 0.424 e. The molecule has 2 aromatic heterocycles. The molecule has 0 bridgehead atoms. The smallest absolute Gasteiger partial charge is 0.317 e. The van der Waals surface area contributed by atoms with Gasteiger partial charge in [0.2, 0.25) is 11.8 Å². The van der Waals surface area contributed by atoms with Gasteiger partial charge in [-0.3, -0.25) is 4.68 Å². The summed E-state index contributed by atoms with van der Waals surface area (Å²) in [5, 5.41) is 14.6. The molecule has 1 N–H and O–H groups in total. The third kappa shape index (κ3) is 3.81. The summed E-state index contributed by atoms with van der Waals surface area (Å²) in [6.07, 6.45) is 3.56. The maximum Gasteiger partial charge on any atom is 0.317 e. The van der Waals surface area contributed by atoms with Crippen molar-refractivity contribution in [2.24, 2.45) is 0 Å². The Morgan fingerprint density at radius 1 is 1.55 bits per heavy atom. The van der Waals surface area contributed by atoms with Crippen LogP contribution in [0.5, 0.6) is 0 Å². The zero-order chi connectivity index (χ0) is 14.5. The molecule has 0 aliphatic carbocycles. The summed E-state index contributed by atoms with van der Waals surface area (Å²) >= 11 is 0.